The molecule has 4 aliphatic rings. The Balaban J connectivity index is 1.66. The lowest BCUT2D eigenvalue weighted by Gasteiger charge is -2.48. The van der Waals surface area contributed by atoms with E-state index in [2.05, 4.69) is 26.3 Å². The molecule has 2 bridgehead atoms. The molecule has 2 saturated heterocycles. The van der Waals surface area contributed by atoms with Gasteiger partial charge in [-0.3, -0.25) is 38.6 Å². The maximum absolute atomic E-state index is 14.1. The van der Waals surface area contributed by atoms with Crippen molar-refractivity contribution in [1.29, 1.82) is 0 Å². The van der Waals surface area contributed by atoms with E-state index in [4.69, 9.17) is 4.74 Å². The maximum atomic E-state index is 14.1. The number of nitrogens with one attached hydrogen (secondary N) is 4. The second kappa shape index (κ2) is 20.1. The quantitative estimate of drug-likeness (QED) is 0.144. The summed E-state index contributed by atoms with van der Waals surface area (Å²) in [7, 11) is 1.28. The van der Waals surface area contributed by atoms with Crippen LogP contribution in [0.1, 0.15) is 81.1 Å². The van der Waals surface area contributed by atoms with Gasteiger partial charge in [0, 0.05) is 25.4 Å². The zero-order valence-electron chi connectivity index (χ0n) is 35.2. The van der Waals surface area contributed by atoms with Gasteiger partial charge < -0.3 is 50.9 Å². The molecule has 20 heteroatoms. The van der Waals surface area contributed by atoms with Crippen LogP contribution in [0.2, 0.25) is 0 Å². The lowest BCUT2D eigenvalue weighted by molar-refractivity contribution is -0.161. The first kappa shape index (κ1) is 47.1. The average Bonchev–Trinajstić information content (AvgIpc) is 3.86. The fraction of sp³-hybridized carbons (Fsp3) is 0.718. The second-order valence-corrected chi connectivity index (χ2v) is 17.5. The second-order valence-electron chi connectivity index (χ2n) is 16.4. The zero-order valence-corrected chi connectivity index (χ0v) is 36.0. The van der Waals surface area contributed by atoms with Gasteiger partial charge in [0.2, 0.25) is 29.5 Å². The number of hydrogen-bond donors (Lipinski definition) is 6. The molecule has 0 aromatic heterocycles. The number of esters is 1. The molecule has 7 amide bonds. The minimum Gasteiger partial charge on any atom is -0.461 e. The number of allylic oxidation sites excluding steroid dienone is 1. The third-order valence-corrected chi connectivity index (χ3v) is 12.1. The van der Waals surface area contributed by atoms with Gasteiger partial charge in [-0.25, -0.2) is 4.79 Å². The number of aliphatic hydroxyl groups is 2. The maximum Gasteiger partial charge on any atom is 0.329 e. The van der Waals surface area contributed by atoms with Gasteiger partial charge in [-0.05, 0) is 65.2 Å². The average molecular weight is 849 g/mol. The molecule has 0 aromatic rings. The molecule has 4 heterocycles. The van der Waals surface area contributed by atoms with E-state index in [0.717, 1.165) is 4.90 Å². The molecule has 2 fully saturated rings. The van der Waals surface area contributed by atoms with E-state index in [0.29, 0.717) is 17.9 Å². The molecule has 328 valence electrons. The Morgan fingerprint density at radius 1 is 0.915 bits per heavy atom. The highest BCUT2D eigenvalue weighted by Crippen LogP contribution is 2.35. The third kappa shape index (κ3) is 11.0. The minimum atomic E-state index is -1.91. The summed E-state index contributed by atoms with van der Waals surface area (Å²) < 4.78 is 5.27. The summed E-state index contributed by atoms with van der Waals surface area (Å²) in [5, 5.41) is 32.2. The summed E-state index contributed by atoms with van der Waals surface area (Å²) in [4.78, 5) is 117. The summed E-state index contributed by atoms with van der Waals surface area (Å²) >= 11 is 1.32. The Kier molecular flexibility index (Phi) is 16.1. The molecular weight excluding hydrogens is 789 g/mol. The molecule has 0 aliphatic carbocycles. The normalized spacial score (nSPS) is 32.6. The van der Waals surface area contributed by atoms with Crippen molar-refractivity contribution < 1.29 is 53.3 Å². The molecule has 4 rings (SSSR count). The first-order valence-electron chi connectivity index (χ1n) is 20.2. The van der Waals surface area contributed by atoms with E-state index in [1.54, 1.807) is 25.7 Å². The van der Waals surface area contributed by atoms with Crippen LogP contribution in [0, 0.1) is 11.8 Å². The van der Waals surface area contributed by atoms with E-state index in [-0.39, 0.29) is 48.7 Å². The molecule has 0 radical (unpaired) electrons. The van der Waals surface area contributed by atoms with Gasteiger partial charge >= 0.3 is 5.97 Å². The van der Waals surface area contributed by atoms with Crippen molar-refractivity contribution >= 4 is 64.1 Å². The summed E-state index contributed by atoms with van der Waals surface area (Å²) in [5.74, 6) is -6.19. The van der Waals surface area contributed by atoms with Gasteiger partial charge in [0.1, 0.15) is 48.6 Å². The van der Waals surface area contributed by atoms with Crippen LogP contribution in [0.15, 0.2) is 16.8 Å². The number of carbonyl (C=O) groups is 8. The highest BCUT2D eigenvalue weighted by atomic mass is 32.2. The predicted molar refractivity (Wildman–Crippen MR) is 216 cm³/mol. The number of likely N-dealkylation sites (N-methyl/N-ethyl adjacent to an activating group) is 1. The molecule has 4 aliphatic heterocycles. The minimum absolute atomic E-state index is 0.0170. The van der Waals surface area contributed by atoms with Gasteiger partial charge in [0.15, 0.2) is 6.10 Å². The molecule has 6 N–H and O–H groups in total. The number of cyclic esters (lactones) is 1. The van der Waals surface area contributed by atoms with Crippen LogP contribution in [-0.2, 0) is 43.1 Å². The first-order chi connectivity index (χ1) is 27.7. The molecular formula is C39H60N8O11S. The predicted octanol–water partition coefficient (Wildman–Crippen LogP) is -1.20. The van der Waals surface area contributed by atoms with Crippen molar-refractivity contribution in [3.8, 4) is 0 Å². The summed E-state index contributed by atoms with van der Waals surface area (Å²) in [5.41, 5.74) is -0.0745. The van der Waals surface area contributed by atoms with E-state index in [9.17, 15) is 48.6 Å². The molecule has 0 saturated carbocycles. The molecule has 10 atom stereocenters. The number of rotatable bonds is 4. The zero-order chi connectivity index (χ0) is 44.0. The number of carbonyl (C=O) groups excluding carboxylic acids is 8. The van der Waals surface area contributed by atoms with Crippen molar-refractivity contribution in [2.24, 2.45) is 16.8 Å². The van der Waals surface area contributed by atoms with E-state index in [1.165, 1.54) is 43.6 Å². The van der Waals surface area contributed by atoms with Gasteiger partial charge in [-0.15, -0.1) is 11.8 Å². The highest BCUT2D eigenvalue weighted by molar-refractivity contribution is 8.14. The Hall–Kier alpha value is -4.56. The topological polar surface area (TPSA) is 256 Å². The number of fused-ring (bicyclic) bond motifs is 4. The van der Waals surface area contributed by atoms with Crippen LogP contribution in [0.4, 0.5) is 0 Å². The largest absolute Gasteiger partial charge is 0.461 e. The number of ether oxygens (including phenoxy) is 1. The lowest BCUT2D eigenvalue weighted by atomic mass is 9.91. The van der Waals surface area contributed by atoms with Crippen molar-refractivity contribution in [2.45, 2.75) is 142 Å². The molecule has 19 nitrogen and oxygen atoms in total. The fourth-order valence-electron chi connectivity index (χ4n) is 7.66. The van der Waals surface area contributed by atoms with E-state index >= 15 is 0 Å². The standard InChI is InChI=1S/C39H60N8O11S/c1-10-23-36(54)46-13-11-12-26(46)33(52)44-29(22(8)48)38(56)45(9)30(19(4)5)39(57)58-16-28(49)34(53)40-21(7)31(50)42-24(14-18(2)3)37(55)47-20(6)15-27(47)35-43-25(17-59-35)32(51)41-23/h10,18-22,24-30,48-49H,11-17H2,1-9H3,(H,40,53)(H,41,51)(H,42,50)(H,44,52)/b23-10-. The van der Waals surface area contributed by atoms with Crippen molar-refractivity contribution in [1.82, 2.24) is 36.0 Å². The first-order valence-corrected chi connectivity index (χ1v) is 21.2. The fourth-order valence-corrected chi connectivity index (χ4v) is 8.82. The Labute approximate surface area is 348 Å². The van der Waals surface area contributed by atoms with E-state index in [1.807, 2.05) is 20.8 Å². The van der Waals surface area contributed by atoms with Crippen molar-refractivity contribution in [3.63, 3.8) is 0 Å². The monoisotopic (exact) mass is 848 g/mol. The molecule has 0 spiro atoms. The lowest BCUT2D eigenvalue weighted by Crippen LogP contribution is -2.65. The van der Waals surface area contributed by atoms with Crippen LogP contribution in [0.5, 0.6) is 0 Å². The van der Waals surface area contributed by atoms with Crippen molar-refractivity contribution in [2.75, 3.05) is 26.0 Å². The number of thioether (sulfide) groups is 1. The summed E-state index contributed by atoms with van der Waals surface area (Å²) in [6.45, 7) is 12.5. The number of amides is 7. The molecule has 10 unspecified atom stereocenters. The van der Waals surface area contributed by atoms with Crippen molar-refractivity contribution in [3.05, 3.63) is 11.8 Å². The highest BCUT2D eigenvalue weighted by Gasteiger charge is 2.47. The number of aliphatic imine (C=N–C) groups is 1. The molecule has 59 heavy (non-hydrogen) atoms. The van der Waals surface area contributed by atoms with Gasteiger partial charge in [-0.2, -0.15) is 0 Å². The molecule has 0 aromatic carbocycles. The van der Waals surface area contributed by atoms with Crippen LogP contribution in [0.25, 0.3) is 0 Å². The van der Waals surface area contributed by atoms with Gasteiger partial charge in [0.25, 0.3) is 11.8 Å². The summed E-state index contributed by atoms with van der Waals surface area (Å²) in [6.07, 6.45) is -0.419. The third-order valence-electron chi connectivity index (χ3n) is 10.9. The number of hydrogen-bond acceptors (Lipinski definition) is 13. The van der Waals surface area contributed by atoms with Crippen LogP contribution in [-0.4, -0.2) is 164 Å². The van der Waals surface area contributed by atoms with Gasteiger partial charge in [-0.1, -0.05) is 33.8 Å². The Morgan fingerprint density at radius 2 is 1.59 bits per heavy atom. The van der Waals surface area contributed by atoms with Gasteiger partial charge in [0.05, 0.1) is 17.2 Å². The van der Waals surface area contributed by atoms with Crippen LogP contribution < -0.4 is 21.3 Å². The Morgan fingerprint density at radius 3 is 2.19 bits per heavy atom. The van der Waals surface area contributed by atoms with Crippen LogP contribution in [0.3, 0.4) is 0 Å². The van der Waals surface area contributed by atoms with Crippen LogP contribution >= 0.6 is 11.8 Å². The van der Waals surface area contributed by atoms with E-state index < -0.39 is 108 Å². The summed E-state index contributed by atoms with van der Waals surface area (Å²) in [6, 6.07) is -7.62. The SMILES string of the molecule is C/C=C1\NC(=O)C2CSC(=N2)C2CC(C)N2C(=O)C(CC(C)C)NC(=O)C(C)NC(=O)C(O)COC(=O)C(C(C)C)N(C)C(=O)C(C(C)O)NC(=O)C2CCCN2C1=O. The Bertz CT molecular complexity index is 1720. The number of aliphatic hydroxyl groups excluding tert-OH is 2. The number of nitrogens with zero attached hydrogens (tertiary/aromatic N) is 4. The smallest absolute Gasteiger partial charge is 0.329 e.